The van der Waals surface area contributed by atoms with Crippen LogP contribution in [0.15, 0.2) is 24.3 Å². The first-order chi connectivity index (χ1) is 11.0. The predicted octanol–water partition coefficient (Wildman–Crippen LogP) is 2.32. The first-order valence-corrected chi connectivity index (χ1v) is 7.70. The van der Waals surface area contributed by atoms with Crippen molar-refractivity contribution in [1.29, 1.82) is 0 Å². The molecule has 1 rings (SSSR count). The van der Waals surface area contributed by atoms with Gasteiger partial charge in [-0.2, -0.15) is 0 Å². The fraction of sp³-hybridized carbons (Fsp3) is 0.500. The molecule has 0 aliphatic heterocycles. The molecule has 0 saturated heterocycles. The molecule has 0 aromatic heterocycles. The van der Waals surface area contributed by atoms with Gasteiger partial charge in [-0.1, -0.05) is 23.7 Å². The molecule has 0 bridgehead atoms. The Morgan fingerprint density at radius 2 is 1.96 bits per heavy atom. The summed E-state index contributed by atoms with van der Waals surface area (Å²) in [5.74, 6) is -1.09. The number of hydrogen-bond acceptors (Lipinski definition) is 5. The molecular formula is C16H25ClN2O5. The van der Waals surface area contributed by atoms with Gasteiger partial charge in [-0.25, -0.2) is 4.79 Å². The molecule has 0 spiro atoms. The van der Waals surface area contributed by atoms with Crippen molar-refractivity contribution in [3.05, 3.63) is 34.9 Å². The van der Waals surface area contributed by atoms with Crippen LogP contribution in [0.4, 0.5) is 4.79 Å². The maximum absolute atomic E-state index is 11.0. The summed E-state index contributed by atoms with van der Waals surface area (Å²) in [7, 11) is 0. The topological polar surface area (TPSA) is 122 Å². The Bertz CT molecular complexity index is 546. The summed E-state index contributed by atoms with van der Waals surface area (Å²) < 4.78 is 4.85. The number of carbonyl (C=O) groups excluding carboxylic acids is 1. The molecule has 0 fully saturated rings. The van der Waals surface area contributed by atoms with Crippen LogP contribution in [0, 0.1) is 0 Å². The number of nitrogens with one attached hydrogen (secondary N) is 1. The summed E-state index contributed by atoms with van der Waals surface area (Å²) >= 11 is 5.69. The Labute approximate surface area is 146 Å². The molecule has 0 aliphatic carbocycles. The van der Waals surface area contributed by atoms with Gasteiger partial charge in [0, 0.05) is 11.6 Å². The van der Waals surface area contributed by atoms with Crippen LogP contribution in [0.1, 0.15) is 39.4 Å². The molecule has 1 aromatic carbocycles. The molecule has 24 heavy (non-hydrogen) atoms. The van der Waals surface area contributed by atoms with Crippen LogP contribution in [0.5, 0.6) is 0 Å². The average molecular weight is 361 g/mol. The van der Waals surface area contributed by atoms with Crippen molar-refractivity contribution < 1.29 is 24.5 Å². The molecule has 0 aliphatic rings. The second-order valence-corrected chi connectivity index (χ2v) is 6.45. The Kier molecular flexibility index (Phi) is 9.35. The van der Waals surface area contributed by atoms with Gasteiger partial charge < -0.3 is 26.0 Å². The van der Waals surface area contributed by atoms with E-state index >= 15 is 0 Å². The summed E-state index contributed by atoms with van der Waals surface area (Å²) in [6.07, 6.45) is -1.32. The predicted molar refractivity (Wildman–Crippen MR) is 91.9 cm³/mol. The third-order valence-corrected chi connectivity index (χ3v) is 2.80. The van der Waals surface area contributed by atoms with Crippen molar-refractivity contribution in [3.63, 3.8) is 0 Å². The van der Waals surface area contributed by atoms with Crippen molar-refractivity contribution in [3.8, 4) is 0 Å². The Morgan fingerprint density at radius 3 is 2.38 bits per heavy atom. The zero-order chi connectivity index (χ0) is 18.9. The second-order valence-electron chi connectivity index (χ2n) is 6.01. The minimum absolute atomic E-state index is 0.223. The van der Waals surface area contributed by atoms with Gasteiger partial charge in [0.2, 0.25) is 0 Å². The first kappa shape index (κ1) is 22.2. The largest absolute Gasteiger partial charge is 0.480 e. The number of carbonyl (C=O) groups is 2. The summed E-state index contributed by atoms with van der Waals surface area (Å²) in [6.45, 7) is 6.71. The normalized spacial score (nSPS) is 13.1. The van der Waals surface area contributed by atoms with E-state index in [0.29, 0.717) is 5.02 Å². The number of hydrogen-bond donors (Lipinski definition) is 4. The molecule has 8 heteroatoms. The number of carboxylic acids is 1. The molecule has 0 heterocycles. The van der Waals surface area contributed by atoms with E-state index < -0.39 is 29.8 Å². The van der Waals surface area contributed by atoms with Gasteiger partial charge in [0.05, 0.1) is 6.10 Å². The van der Waals surface area contributed by atoms with Crippen LogP contribution in [-0.2, 0) is 9.53 Å². The van der Waals surface area contributed by atoms with Crippen LogP contribution in [0.3, 0.4) is 0 Å². The lowest BCUT2D eigenvalue weighted by Crippen LogP contribution is -2.41. The van der Waals surface area contributed by atoms with Crippen molar-refractivity contribution in [1.82, 2.24) is 5.32 Å². The fourth-order valence-corrected chi connectivity index (χ4v) is 1.59. The highest BCUT2D eigenvalue weighted by Crippen LogP contribution is 2.16. The number of aliphatic hydroxyl groups is 1. The van der Waals surface area contributed by atoms with Gasteiger partial charge >= 0.3 is 12.1 Å². The van der Waals surface area contributed by atoms with Gasteiger partial charge in [-0.15, -0.1) is 0 Å². The SMILES string of the molecule is C[C@@H](NC(=O)OC(C)(C)C)C(=O)O.NC[C@H](O)c1cccc(Cl)c1. The highest BCUT2D eigenvalue weighted by atomic mass is 35.5. The van der Waals surface area contributed by atoms with Crippen molar-refractivity contribution in [2.75, 3.05) is 6.54 Å². The molecule has 136 valence electrons. The van der Waals surface area contributed by atoms with Gasteiger partial charge in [0.1, 0.15) is 11.6 Å². The van der Waals surface area contributed by atoms with Crippen LogP contribution in [-0.4, -0.2) is 40.5 Å². The van der Waals surface area contributed by atoms with Crippen molar-refractivity contribution in [2.45, 2.75) is 45.4 Å². The summed E-state index contributed by atoms with van der Waals surface area (Å²) in [5.41, 5.74) is 5.42. The molecule has 7 nitrogen and oxygen atoms in total. The Hall–Kier alpha value is -1.83. The standard InChI is InChI=1S/C8H10ClNO.C8H15NO4/c9-7-3-1-2-6(4-7)8(11)5-10;1-5(6(10)11)9-7(12)13-8(2,3)4/h1-4,8,11H,5,10H2;5H,1-4H3,(H,9,12)(H,10,11)/t8-;5-/m01/s1. The number of rotatable bonds is 4. The average Bonchev–Trinajstić information content (AvgIpc) is 2.44. The molecule has 5 N–H and O–H groups in total. The minimum atomic E-state index is -1.09. The molecule has 0 radical (unpaired) electrons. The fourth-order valence-electron chi connectivity index (χ4n) is 1.40. The second kappa shape index (κ2) is 10.1. The molecule has 2 atom stereocenters. The number of aliphatic carboxylic acids is 1. The van der Waals surface area contributed by atoms with E-state index in [1.165, 1.54) is 6.92 Å². The monoisotopic (exact) mass is 360 g/mol. The van der Waals surface area contributed by atoms with Crippen LogP contribution < -0.4 is 11.1 Å². The van der Waals surface area contributed by atoms with E-state index in [4.69, 9.17) is 27.2 Å². The van der Waals surface area contributed by atoms with Crippen LogP contribution in [0.25, 0.3) is 0 Å². The minimum Gasteiger partial charge on any atom is -0.480 e. The number of alkyl carbamates (subject to hydrolysis) is 1. The Balaban J connectivity index is 0.000000446. The number of halogens is 1. The maximum Gasteiger partial charge on any atom is 0.408 e. The first-order valence-electron chi connectivity index (χ1n) is 7.32. The third kappa shape index (κ3) is 10.0. The molecular weight excluding hydrogens is 336 g/mol. The van der Waals surface area contributed by atoms with E-state index in [0.717, 1.165) is 5.56 Å². The quantitative estimate of drug-likeness (QED) is 0.653. The molecule has 1 amide bonds. The summed E-state index contributed by atoms with van der Waals surface area (Å²) in [6, 6.07) is 6.11. The van der Waals surface area contributed by atoms with Crippen molar-refractivity contribution >= 4 is 23.7 Å². The summed E-state index contributed by atoms with van der Waals surface area (Å²) in [4.78, 5) is 21.3. The Morgan fingerprint density at radius 1 is 1.38 bits per heavy atom. The van der Waals surface area contributed by atoms with Crippen LogP contribution >= 0.6 is 11.6 Å². The highest BCUT2D eigenvalue weighted by molar-refractivity contribution is 6.30. The zero-order valence-electron chi connectivity index (χ0n) is 14.2. The van der Waals surface area contributed by atoms with Gasteiger partial charge in [0.25, 0.3) is 0 Å². The molecule has 1 aromatic rings. The number of nitrogens with two attached hydrogens (primary N) is 1. The van der Waals surface area contributed by atoms with E-state index in [9.17, 15) is 14.7 Å². The lowest BCUT2D eigenvalue weighted by atomic mass is 10.1. The number of benzene rings is 1. The third-order valence-electron chi connectivity index (χ3n) is 2.56. The number of ether oxygens (including phenoxy) is 1. The number of amides is 1. The zero-order valence-corrected chi connectivity index (χ0v) is 15.0. The molecule has 0 unspecified atom stereocenters. The lowest BCUT2D eigenvalue weighted by molar-refractivity contribution is -0.139. The van der Waals surface area contributed by atoms with E-state index in [-0.39, 0.29) is 6.54 Å². The maximum atomic E-state index is 11.0. The van der Waals surface area contributed by atoms with Crippen molar-refractivity contribution in [2.24, 2.45) is 5.73 Å². The van der Waals surface area contributed by atoms with E-state index in [1.54, 1.807) is 45.0 Å². The smallest absolute Gasteiger partial charge is 0.408 e. The number of aliphatic hydroxyl groups excluding tert-OH is 1. The highest BCUT2D eigenvalue weighted by Gasteiger charge is 2.20. The van der Waals surface area contributed by atoms with E-state index in [1.807, 2.05) is 0 Å². The van der Waals surface area contributed by atoms with Gasteiger partial charge in [-0.3, -0.25) is 4.79 Å². The van der Waals surface area contributed by atoms with Gasteiger partial charge in [0.15, 0.2) is 0 Å². The summed E-state index contributed by atoms with van der Waals surface area (Å²) in [5, 5.41) is 20.5. The van der Waals surface area contributed by atoms with E-state index in [2.05, 4.69) is 5.32 Å². The van der Waals surface area contributed by atoms with Crippen LogP contribution in [0.2, 0.25) is 5.02 Å². The molecule has 0 saturated carbocycles. The number of carboxylic acid groups (broad SMARTS) is 1. The van der Waals surface area contributed by atoms with Gasteiger partial charge in [-0.05, 0) is 45.4 Å². The lowest BCUT2D eigenvalue weighted by Gasteiger charge is -2.20.